The number of methoxy groups -OCH3 is 1. The van der Waals surface area contributed by atoms with Crippen LogP contribution in [0.25, 0.3) is 0 Å². The molecule has 0 spiro atoms. The molecule has 0 saturated carbocycles. The number of hydrogen-bond donors (Lipinski definition) is 1. The van der Waals surface area contributed by atoms with Crippen LogP contribution in [-0.2, 0) is 14.8 Å². The van der Waals surface area contributed by atoms with Gasteiger partial charge in [-0.2, -0.15) is 0 Å². The molecule has 0 atom stereocenters. The highest BCUT2D eigenvalue weighted by Gasteiger charge is 2.25. The van der Waals surface area contributed by atoms with Crippen LogP contribution in [-0.4, -0.2) is 50.9 Å². The van der Waals surface area contributed by atoms with Crippen molar-refractivity contribution in [3.63, 3.8) is 0 Å². The van der Waals surface area contributed by atoms with E-state index in [1.807, 2.05) is 0 Å². The highest BCUT2D eigenvalue weighted by atomic mass is 32.2. The van der Waals surface area contributed by atoms with Gasteiger partial charge in [-0.3, -0.25) is 14.9 Å². The van der Waals surface area contributed by atoms with Gasteiger partial charge in [-0.1, -0.05) is 0 Å². The fraction of sp³-hybridized carbons (Fsp3) is 0.462. The lowest BCUT2D eigenvalue weighted by Crippen LogP contribution is -2.38. The number of benzene rings is 1. The minimum Gasteiger partial charge on any atom is -0.495 e. The van der Waals surface area contributed by atoms with Gasteiger partial charge in [0.05, 0.1) is 18.6 Å². The molecule has 1 saturated heterocycles. The number of likely N-dealkylation sites (tertiary alicyclic amines) is 1. The molecule has 23 heavy (non-hydrogen) atoms. The molecule has 0 unspecified atom stereocenters. The Kier molecular flexibility index (Phi) is 5.16. The summed E-state index contributed by atoms with van der Waals surface area (Å²) < 4.78 is 31.8. The average molecular weight is 343 g/mol. The Hall–Kier alpha value is -2.20. The molecule has 0 radical (unpaired) electrons. The van der Waals surface area contributed by atoms with Crippen LogP contribution in [0.3, 0.4) is 0 Å². The zero-order valence-electron chi connectivity index (χ0n) is 12.5. The molecule has 1 aliphatic heterocycles. The van der Waals surface area contributed by atoms with Gasteiger partial charge in [0.25, 0.3) is 5.69 Å². The zero-order chi connectivity index (χ0) is 17.0. The van der Waals surface area contributed by atoms with Crippen molar-refractivity contribution in [2.45, 2.75) is 17.7 Å². The second kappa shape index (κ2) is 6.92. The number of carbonyl (C=O) groups is 1. The number of sulfonamides is 1. The average Bonchev–Trinajstić information content (AvgIpc) is 3.06. The van der Waals surface area contributed by atoms with Gasteiger partial charge in [-0.15, -0.1) is 0 Å². The number of carbonyl (C=O) groups excluding carboxylic acids is 1. The largest absolute Gasteiger partial charge is 0.495 e. The van der Waals surface area contributed by atoms with Crippen LogP contribution in [0.4, 0.5) is 5.69 Å². The van der Waals surface area contributed by atoms with Crippen LogP contribution in [0.5, 0.6) is 5.75 Å². The zero-order valence-corrected chi connectivity index (χ0v) is 13.3. The predicted molar refractivity (Wildman–Crippen MR) is 80.7 cm³/mol. The molecular weight excluding hydrogens is 326 g/mol. The van der Waals surface area contributed by atoms with E-state index >= 15 is 0 Å². The summed E-state index contributed by atoms with van der Waals surface area (Å²) in [4.78, 5) is 23.2. The van der Waals surface area contributed by atoms with E-state index in [-0.39, 0.29) is 22.2 Å². The molecule has 1 aliphatic rings. The second-order valence-corrected chi connectivity index (χ2v) is 6.74. The Morgan fingerprint density at radius 3 is 2.61 bits per heavy atom. The topological polar surface area (TPSA) is 119 Å². The number of nitrogens with one attached hydrogen (secondary N) is 1. The summed E-state index contributed by atoms with van der Waals surface area (Å²) in [5, 5.41) is 10.8. The number of nitro benzene ring substituents is 1. The summed E-state index contributed by atoms with van der Waals surface area (Å²) in [6.45, 7) is 0.829. The van der Waals surface area contributed by atoms with Crippen molar-refractivity contribution in [2.24, 2.45) is 0 Å². The van der Waals surface area contributed by atoms with Gasteiger partial charge in [0, 0.05) is 25.2 Å². The van der Waals surface area contributed by atoms with Gasteiger partial charge in [-0.25, -0.2) is 13.1 Å². The molecule has 1 fully saturated rings. The van der Waals surface area contributed by atoms with Crippen LogP contribution < -0.4 is 9.46 Å². The normalized spacial score (nSPS) is 14.7. The molecule has 9 nitrogen and oxygen atoms in total. The van der Waals surface area contributed by atoms with E-state index in [4.69, 9.17) is 4.74 Å². The van der Waals surface area contributed by atoms with E-state index in [0.29, 0.717) is 13.1 Å². The molecule has 0 aromatic heterocycles. The number of nitrogens with zero attached hydrogens (tertiary/aromatic N) is 2. The first-order valence-corrected chi connectivity index (χ1v) is 8.43. The standard InChI is InChI=1S/C13H17N3O6S/c1-22-11-5-4-10(16(18)19)8-12(11)23(20,21)14-9-13(17)15-6-2-3-7-15/h4-5,8,14H,2-3,6-7,9H2,1H3. The number of non-ortho nitro benzene ring substituents is 1. The van der Waals surface area contributed by atoms with Crippen LogP contribution in [0.1, 0.15) is 12.8 Å². The molecule has 1 aromatic rings. The third-order valence-electron chi connectivity index (χ3n) is 3.52. The van der Waals surface area contributed by atoms with Gasteiger partial charge in [0.2, 0.25) is 15.9 Å². The fourth-order valence-corrected chi connectivity index (χ4v) is 3.46. The van der Waals surface area contributed by atoms with Crippen molar-refractivity contribution in [1.29, 1.82) is 0 Å². The van der Waals surface area contributed by atoms with E-state index in [1.165, 1.54) is 13.2 Å². The summed E-state index contributed by atoms with van der Waals surface area (Å²) in [5.41, 5.74) is -0.378. The Morgan fingerprint density at radius 1 is 1.39 bits per heavy atom. The lowest BCUT2D eigenvalue weighted by atomic mass is 10.3. The summed E-state index contributed by atoms with van der Waals surface area (Å²) >= 11 is 0. The monoisotopic (exact) mass is 343 g/mol. The molecule has 1 aromatic carbocycles. The van der Waals surface area contributed by atoms with Crippen molar-refractivity contribution >= 4 is 21.6 Å². The highest BCUT2D eigenvalue weighted by molar-refractivity contribution is 7.89. The predicted octanol–water partition coefficient (Wildman–Crippen LogP) is 0.504. The fourth-order valence-electron chi connectivity index (χ4n) is 2.30. The molecule has 1 heterocycles. The number of nitro groups is 1. The maximum atomic E-state index is 12.3. The SMILES string of the molecule is COc1ccc([N+](=O)[O-])cc1S(=O)(=O)NCC(=O)N1CCCC1. The minimum atomic E-state index is -4.11. The van der Waals surface area contributed by atoms with Crippen molar-refractivity contribution in [2.75, 3.05) is 26.7 Å². The minimum absolute atomic E-state index is 0.0308. The van der Waals surface area contributed by atoms with E-state index in [9.17, 15) is 23.3 Å². The molecule has 0 aliphatic carbocycles. The maximum Gasteiger partial charge on any atom is 0.271 e. The number of amides is 1. The van der Waals surface area contributed by atoms with E-state index in [0.717, 1.165) is 25.0 Å². The third-order valence-corrected chi connectivity index (χ3v) is 4.94. The first-order valence-electron chi connectivity index (χ1n) is 6.95. The van der Waals surface area contributed by atoms with Gasteiger partial charge < -0.3 is 9.64 Å². The van der Waals surface area contributed by atoms with E-state index < -0.39 is 21.5 Å². The third kappa shape index (κ3) is 3.96. The summed E-state index contributed by atoms with van der Waals surface area (Å²) in [5.74, 6) is -0.354. The number of rotatable bonds is 6. The maximum absolute atomic E-state index is 12.3. The van der Waals surface area contributed by atoms with Crippen LogP contribution in [0.15, 0.2) is 23.1 Å². The second-order valence-electron chi connectivity index (χ2n) is 5.00. The van der Waals surface area contributed by atoms with Crippen molar-refractivity contribution in [3.8, 4) is 5.75 Å². The van der Waals surface area contributed by atoms with Crippen molar-refractivity contribution < 1.29 is 22.9 Å². The Bertz CT molecular complexity index is 712. The van der Waals surface area contributed by atoms with E-state index in [1.54, 1.807) is 4.90 Å². The Morgan fingerprint density at radius 2 is 2.04 bits per heavy atom. The summed E-state index contributed by atoms with van der Waals surface area (Å²) in [6, 6.07) is 3.25. The molecule has 126 valence electrons. The number of ether oxygens (including phenoxy) is 1. The van der Waals surface area contributed by atoms with Gasteiger partial charge in [-0.05, 0) is 18.9 Å². The lowest BCUT2D eigenvalue weighted by molar-refractivity contribution is -0.385. The van der Waals surface area contributed by atoms with Gasteiger partial charge >= 0.3 is 0 Å². The Labute approximate surface area is 133 Å². The first-order chi connectivity index (χ1) is 10.8. The molecule has 1 N–H and O–H groups in total. The van der Waals surface area contributed by atoms with Crippen molar-refractivity contribution in [3.05, 3.63) is 28.3 Å². The van der Waals surface area contributed by atoms with Crippen LogP contribution >= 0.6 is 0 Å². The van der Waals surface area contributed by atoms with Crippen LogP contribution in [0.2, 0.25) is 0 Å². The Balaban J connectivity index is 2.19. The first kappa shape index (κ1) is 17.2. The molecule has 1 amide bonds. The molecule has 10 heteroatoms. The summed E-state index contributed by atoms with van der Waals surface area (Å²) in [6.07, 6.45) is 1.80. The highest BCUT2D eigenvalue weighted by Crippen LogP contribution is 2.27. The quantitative estimate of drug-likeness (QED) is 0.593. The summed E-state index contributed by atoms with van der Waals surface area (Å²) in [7, 11) is -2.85. The molecule has 2 rings (SSSR count). The lowest BCUT2D eigenvalue weighted by Gasteiger charge is -2.16. The number of hydrogen-bond acceptors (Lipinski definition) is 6. The van der Waals surface area contributed by atoms with Gasteiger partial charge in [0.1, 0.15) is 10.6 Å². The van der Waals surface area contributed by atoms with Crippen molar-refractivity contribution in [1.82, 2.24) is 9.62 Å². The van der Waals surface area contributed by atoms with E-state index in [2.05, 4.69) is 4.72 Å². The molecule has 0 bridgehead atoms. The van der Waals surface area contributed by atoms with Gasteiger partial charge in [0.15, 0.2) is 0 Å². The molecular formula is C13H17N3O6S. The van der Waals surface area contributed by atoms with Crippen LogP contribution in [0, 0.1) is 10.1 Å². The smallest absolute Gasteiger partial charge is 0.271 e.